The molecule has 2 fully saturated rings. The maximum atomic E-state index is 13.5. The molecule has 0 amide bonds. The van der Waals surface area contributed by atoms with E-state index in [0.29, 0.717) is 11.1 Å². The molecule has 0 radical (unpaired) electrons. The van der Waals surface area contributed by atoms with Crippen LogP contribution in [-0.2, 0) is 20.0 Å². The molecule has 0 spiro atoms. The number of piperidine rings is 2. The van der Waals surface area contributed by atoms with E-state index in [1.165, 1.54) is 36.4 Å². The second kappa shape index (κ2) is 8.33. The highest BCUT2D eigenvalue weighted by Crippen LogP contribution is 2.40. The van der Waals surface area contributed by atoms with Crippen molar-refractivity contribution in [3.8, 4) is 11.1 Å². The molecule has 1 aliphatic carbocycles. The number of alkyl halides is 4. The smallest absolute Gasteiger partial charge is 0.250 e. The molecule has 5 rings (SSSR count). The first kappa shape index (κ1) is 25.3. The summed E-state index contributed by atoms with van der Waals surface area (Å²) in [6, 6.07) is 7.82. The average molecular weight is 547 g/mol. The fraction of sp³-hybridized carbons (Fsp3) is 0.435. The van der Waals surface area contributed by atoms with Gasteiger partial charge < -0.3 is 0 Å². The summed E-state index contributed by atoms with van der Waals surface area (Å²) in [5.41, 5.74) is 0.947. The minimum Gasteiger partial charge on any atom is -0.289 e. The predicted molar refractivity (Wildman–Crippen MR) is 121 cm³/mol. The summed E-state index contributed by atoms with van der Waals surface area (Å²) in [4.78, 5) is 12.7. The number of fused-ring (bicyclic) bond motifs is 3. The Morgan fingerprint density at radius 3 is 1.25 bits per heavy atom. The molecule has 2 saturated heterocycles. The van der Waals surface area contributed by atoms with Crippen LogP contribution in [-0.4, -0.2) is 69.3 Å². The summed E-state index contributed by atoms with van der Waals surface area (Å²) in [6.07, 6.45) is -2.36. The maximum absolute atomic E-state index is 13.5. The molecular weight excluding hydrogens is 524 g/mol. The van der Waals surface area contributed by atoms with Gasteiger partial charge in [-0.25, -0.2) is 34.4 Å². The van der Waals surface area contributed by atoms with Gasteiger partial charge in [0, 0.05) is 63.0 Å². The second-order valence-electron chi connectivity index (χ2n) is 9.26. The normalized spacial score (nSPS) is 22.3. The molecule has 194 valence electrons. The van der Waals surface area contributed by atoms with Crippen molar-refractivity contribution in [2.75, 3.05) is 26.2 Å². The van der Waals surface area contributed by atoms with E-state index in [1.54, 1.807) is 0 Å². The SMILES string of the molecule is O=C1c2cc(S(=O)(=O)N3CCC(F)(F)CC3)ccc2-c2ccc(S(=O)(=O)N3CCC(F)(F)CC3)cc21. The highest BCUT2D eigenvalue weighted by Gasteiger charge is 2.41. The lowest BCUT2D eigenvalue weighted by atomic mass is 10.1. The molecule has 36 heavy (non-hydrogen) atoms. The van der Waals surface area contributed by atoms with E-state index in [-0.39, 0.29) is 47.1 Å². The van der Waals surface area contributed by atoms with Gasteiger partial charge in [0.15, 0.2) is 5.78 Å². The molecule has 2 aromatic carbocycles. The molecule has 3 aliphatic rings. The van der Waals surface area contributed by atoms with Gasteiger partial charge in [-0.05, 0) is 35.4 Å². The van der Waals surface area contributed by atoms with Gasteiger partial charge in [0.25, 0.3) is 11.8 Å². The summed E-state index contributed by atoms with van der Waals surface area (Å²) < 4.78 is 108. The maximum Gasteiger partial charge on any atom is 0.250 e. The average Bonchev–Trinajstić information content (AvgIpc) is 3.09. The van der Waals surface area contributed by atoms with Crippen LogP contribution in [0.4, 0.5) is 17.6 Å². The number of carbonyl (C=O) groups excluding carboxylic acids is 1. The zero-order chi connectivity index (χ0) is 26.1. The lowest BCUT2D eigenvalue weighted by Crippen LogP contribution is -2.42. The number of rotatable bonds is 4. The van der Waals surface area contributed by atoms with Crippen LogP contribution in [0.1, 0.15) is 41.6 Å². The van der Waals surface area contributed by atoms with Gasteiger partial charge in [-0.15, -0.1) is 0 Å². The van der Waals surface area contributed by atoms with Gasteiger partial charge in [-0.3, -0.25) is 4.79 Å². The van der Waals surface area contributed by atoms with Crippen LogP contribution in [0, 0.1) is 0 Å². The molecule has 2 heterocycles. The lowest BCUT2D eigenvalue weighted by molar-refractivity contribution is -0.0419. The van der Waals surface area contributed by atoms with E-state index in [2.05, 4.69) is 0 Å². The Kier molecular flexibility index (Phi) is 5.86. The first-order chi connectivity index (χ1) is 16.7. The summed E-state index contributed by atoms with van der Waals surface area (Å²) >= 11 is 0. The molecule has 13 heteroatoms. The predicted octanol–water partition coefficient (Wildman–Crippen LogP) is 3.74. The number of carbonyl (C=O) groups is 1. The largest absolute Gasteiger partial charge is 0.289 e. The quantitative estimate of drug-likeness (QED) is 0.465. The van der Waals surface area contributed by atoms with Crippen LogP contribution in [0.2, 0.25) is 0 Å². The van der Waals surface area contributed by atoms with E-state index < -0.39 is 63.4 Å². The van der Waals surface area contributed by atoms with Gasteiger partial charge in [0.2, 0.25) is 20.0 Å². The zero-order valence-corrected chi connectivity index (χ0v) is 20.5. The molecule has 0 bridgehead atoms. The van der Waals surface area contributed by atoms with E-state index >= 15 is 0 Å². The number of ketones is 1. The van der Waals surface area contributed by atoms with Crippen molar-refractivity contribution in [1.82, 2.24) is 8.61 Å². The van der Waals surface area contributed by atoms with Crippen molar-refractivity contribution in [2.45, 2.75) is 47.3 Å². The van der Waals surface area contributed by atoms with Gasteiger partial charge in [0.05, 0.1) is 9.79 Å². The Bertz CT molecular complexity index is 1350. The minimum atomic E-state index is -4.12. The molecule has 0 aromatic heterocycles. The molecule has 0 atom stereocenters. The van der Waals surface area contributed by atoms with Crippen molar-refractivity contribution in [3.63, 3.8) is 0 Å². The highest BCUT2D eigenvalue weighted by atomic mass is 32.2. The molecule has 2 aromatic rings. The third kappa shape index (κ3) is 4.25. The van der Waals surface area contributed by atoms with Crippen LogP contribution < -0.4 is 0 Å². The molecule has 0 unspecified atom stereocenters. The number of halogens is 4. The van der Waals surface area contributed by atoms with Crippen LogP contribution in [0.15, 0.2) is 46.2 Å². The summed E-state index contributed by atoms with van der Waals surface area (Å²) in [7, 11) is -8.23. The van der Waals surface area contributed by atoms with Crippen LogP contribution >= 0.6 is 0 Å². The fourth-order valence-corrected chi connectivity index (χ4v) is 7.70. The van der Waals surface area contributed by atoms with Crippen LogP contribution in [0.3, 0.4) is 0 Å². The third-order valence-electron chi connectivity index (χ3n) is 6.94. The highest BCUT2D eigenvalue weighted by molar-refractivity contribution is 7.89. The van der Waals surface area contributed by atoms with Crippen molar-refractivity contribution >= 4 is 25.8 Å². The number of sulfonamides is 2. The molecular formula is C23H22F4N2O5S2. The molecule has 0 saturated carbocycles. The lowest BCUT2D eigenvalue weighted by Gasteiger charge is -2.31. The Balaban J connectivity index is 1.43. The minimum absolute atomic E-state index is 0.0561. The van der Waals surface area contributed by atoms with Gasteiger partial charge in [-0.2, -0.15) is 8.61 Å². The first-order valence-corrected chi connectivity index (χ1v) is 14.2. The van der Waals surface area contributed by atoms with Crippen molar-refractivity contribution in [1.29, 1.82) is 0 Å². The van der Waals surface area contributed by atoms with Crippen molar-refractivity contribution in [3.05, 3.63) is 47.5 Å². The van der Waals surface area contributed by atoms with E-state index in [9.17, 15) is 39.2 Å². The molecule has 7 nitrogen and oxygen atoms in total. The topological polar surface area (TPSA) is 91.8 Å². The molecule has 0 N–H and O–H groups in total. The fourth-order valence-electron chi connectivity index (χ4n) is 4.76. The van der Waals surface area contributed by atoms with E-state index in [4.69, 9.17) is 0 Å². The number of benzene rings is 2. The Hall–Kier alpha value is -2.35. The van der Waals surface area contributed by atoms with E-state index in [1.807, 2.05) is 0 Å². The summed E-state index contributed by atoms with van der Waals surface area (Å²) in [5, 5.41) is 0. The Labute approximate surface area is 205 Å². The second-order valence-corrected chi connectivity index (χ2v) is 13.1. The first-order valence-electron chi connectivity index (χ1n) is 11.3. The van der Waals surface area contributed by atoms with Gasteiger partial charge >= 0.3 is 0 Å². The van der Waals surface area contributed by atoms with Crippen LogP contribution in [0.25, 0.3) is 11.1 Å². The Morgan fingerprint density at radius 1 is 0.583 bits per heavy atom. The standard InChI is InChI=1S/C23H22F4N2O5S2/c24-22(25)5-9-28(10-6-22)35(31,32)15-1-3-17-18-4-2-16(14-20(18)21(30)19(17)13-15)36(33,34)29-11-7-23(26,27)8-12-29/h1-4,13-14H,5-12H2. The van der Waals surface area contributed by atoms with Gasteiger partial charge in [-0.1, -0.05) is 12.1 Å². The number of nitrogens with zero attached hydrogens (tertiary/aromatic N) is 2. The third-order valence-corrected chi connectivity index (χ3v) is 10.7. The van der Waals surface area contributed by atoms with Crippen molar-refractivity contribution < 1.29 is 39.2 Å². The zero-order valence-electron chi connectivity index (χ0n) is 18.9. The number of hydrogen-bond donors (Lipinski definition) is 0. The molecule has 2 aliphatic heterocycles. The number of hydrogen-bond acceptors (Lipinski definition) is 5. The van der Waals surface area contributed by atoms with Gasteiger partial charge in [0.1, 0.15) is 0 Å². The monoisotopic (exact) mass is 546 g/mol. The van der Waals surface area contributed by atoms with Crippen molar-refractivity contribution in [2.24, 2.45) is 0 Å². The van der Waals surface area contributed by atoms with Crippen LogP contribution in [0.5, 0.6) is 0 Å². The Morgan fingerprint density at radius 2 is 0.917 bits per heavy atom. The summed E-state index contributed by atoms with van der Waals surface area (Å²) in [5.74, 6) is -6.42. The summed E-state index contributed by atoms with van der Waals surface area (Å²) in [6.45, 7) is -1.37. The van der Waals surface area contributed by atoms with E-state index in [0.717, 1.165) is 8.61 Å².